The van der Waals surface area contributed by atoms with Crippen LogP contribution in [0.1, 0.15) is 6.92 Å². The normalized spacial score (nSPS) is 10.7. The van der Waals surface area contributed by atoms with Crippen LogP contribution in [0.15, 0.2) is 35.1 Å². The van der Waals surface area contributed by atoms with Crippen LogP contribution in [0.3, 0.4) is 0 Å². The molecule has 0 aliphatic heterocycles. The van der Waals surface area contributed by atoms with Crippen molar-refractivity contribution in [2.45, 2.75) is 6.92 Å². The zero-order valence-electron chi connectivity index (χ0n) is 6.99. The van der Waals surface area contributed by atoms with E-state index in [2.05, 4.69) is 23.3 Å². The van der Waals surface area contributed by atoms with Gasteiger partial charge in [0, 0.05) is 19.5 Å². The first-order valence-corrected chi connectivity index (χ1v) is 3.28. The molecule has 0 N–H and O–H groups in total. The highest BCUT2D eigenvalue weighted by molar-refractivity contribution is 5.71. The number of aliphatic imine (C=N–C) groups is 1. The molecule has 3 nitrogen and oxygen atoms in total. The minimum atomic E-state index is 0.586. The third kappa shape index (κ3) is 4.08. The lowest BCUT2D eigenvalue weighted by Gasteiger charge is -2.09. The maximum atomic E-state index is 3.94. The number of nitrogens with zero attached hydrogens (tertiary/aromatic N) is 3. The Hall–Kier alpha value is -1.38. The molecule has 0 aromatic rings. The fraction of sp³-hybridized carbons (Fsp3) is 0.250. The second-order valence-corrected chi connectivity index (χ2v) is 1.83. The summed E-state index contributed by atoms with van der Waals surface area (Å²) in [6.07, 6.45) is 4.84. The molecule has 3 heteroatoms. The van der Waals surface area contributed by atoms with Crippen LogP contribution in [-0.4, -0.2) is 24.5 Å². The Morgan fingerprint density at radius 3 is 2.64 bits per heavy atom. The van der Waals surface area contributed by atoms with Gasteiger partial charge in [-0.2, -0.15) is 5.10 Å². The summed E-state index contributed by atoms with van der Waals surface area (Å²) in [6.45, 7) is 9.00. The molecule has 0 unspecified atom stereocenters. The summed E-state index contributed by atoms with van der Waals surface area (Å²) >= 11 is 0. The third-order valence-electron chi connectivity index (χ3n) is 0.991. The van der Waals surface area contributed by atoms with Gasteiger partial charge in [-0.1, -0.05) is 19.2 Å². The molecule has 0 saturated heterocycles. The van der Waals surface area contributed by atoms with Gasteiger partial charge in [0.25, 0.3) is 0 Å². The molecular weight excluding hydrogens is 138 g/mol. The Kier molecular flexibility index (Phi) is 4.73. The molecule has 0 atom stereocenters. The first-order chi connectivity index (χ1) is 5.22. The number of hydrazone groups is 1. The quantitative estimate of drug-likeness (QED) is 0.443. The van der Waals surface area contributed by atoms with Gasteiger partial charge in [-0.25, -0.2) is 4.99 Å². The lowest BCUT2D eigenvalue weighted by atomic mass is 10.7. The van der Waals surface area contributed by atoms with E-state index in [-0.39, 0.29) is 0 Å². The van der Waals surface area contributed by atoms with Gasteiger partial charge in [0.2, 0.25) is 0 Å². The molecule has 0 rings (SSSR count). The third-order valence-corrected chi connectivity index (χ3v) is 0.991. The molecule has 0 aliphatic rings. The van der Waals surface area contributed by atoms with Crippen molar-refractivity contribution in [1.29, 1.82) is 0 Å². The molecule has 0 radical (unpaired) electrons. The second kappa shape index (κ2) is 5.41. The lowest BCUT2D eigenvalue weighted by molar-refractivity contribution is 0.446. The molecule has 60 valence electrons. The zero-order chi connectivity index (χ0) is 8.69. The number of rotatable bonds is 4. The van der Waals surface area contributed by atoms with Gasteiger partial charge in [-0.05, 0) is 6.92 Å². The standard InChI is InChI=1S/C8H13N3/c1-5-7-9-8(3)11(4)10-6-2/h5-7H,1,3H2,2,4H3/b9-7-,10-6-. The van der Waals surface area contributed by atoms with Crippen molar-refractivity contribution in [2.24, 2.45) is 10.1 Å². The summed E-state index contributed by atoms with van der Waals surface area (Å²) in [5.74, 6) is 0.586. The van der Waals surface area contributed by atoms with Crippen LogP contribution in [-0.2, 0) is 0 Å². The smallest absolute Gasteiger partial charge is 0.141 e. The molecular formula is C8H13N3. The molecule has 0 aliphatic carbocycles. The minimum absolute atomic E-state index is 0.586. The van der Waals surface area contributed by atoms with Crippen molar-refractivity contribution >= 4 is 12.4 Å². The van der Waals surface area contributed by atoms with E-state index in [4.69, 9.17) is 0 Å². The van der Waals surface area contributed by atoms with Crippen LogP contribution in [0.5, 0.6) is 0 Å². The Morgan fingerprint density at radius 1 is 1.55 bits per heavy atom. The first kappa shape index (κ1) is 9.62. The van der Waals surface area contributed by atoms with Crippen LogP contribution < -0.4 is 0 Å². The fourth-order valence-corrected chi connectivity index (χ4v) is 0.462. The van der Waals surface area contributed by atoms with Crippen LogP contribution in [0.4, 0.5) is 0 Å². The van der Waals surface area contributed by atoms with Gasteiger partial charge in [-0.15, -0.1) is 0 Å². The summed E-state index contributed by atoms with van der Waals surface area (Å²) in [4.78, 5) is 3.94. The molecule has 0 fully saturated rings. The van der Waals surface area contributed by atoms with Crippen molar-refractivity contribution < 1.29 is 0 Å². The Balaban J connectivity index is 4.02. The summed E-state index contributed by atoms with van der Waals surface area (Å²) in [5.41, 5.74) is 0. The topological polar surface area (TPSA) is 28.0 Å². The van der Waals surface area contributed by atoms with Crippen LogP contribution in [0.25, 0.3) is 0 Å². The Bertz CT molecular complexity index is 192. The van der Waals surface area contributed by atoms with Crippen molar-refractivity contribution in [2.75, 3.05) is 7.05 Å². The molecule has 0 aromatic carbocycles. The average molecular weight is 151 g/mol. The van der Waals surface area contributed by atoms with E-state index in [1.54, 1.807) is 30.6 Å². The molecule has 0 amide bonds. The fourth-order valence-electron chi connectivity index (χ4n) is 0.462. The van der Waals surface area contributed by atoms with E-state index >= 15 is 0 Å². The lowest BCUT2D eigenvalue weighted by Crippen LogP contribution is -2.07. The highest BCUT2D eigenvalue weighted by atomic mass is 15.5. The van der Waals surface area contributed by atoms with E-state index in [1.165, 1.54) is 0 Å². The highest BCUT2D eigenvalue weighted by Gasteiger charge is 1.92. The van der Waals surface area contributed by atoms with Crippen molar-refractivity contribution in [3.05, 3.63) is 25.1 Å². The first-order valence-electron chi connectivity index (χ1n) is 3.28. The van der Waals surface area contributed by atoms with Crippen molar-refractivity contribution in [1.82, 2.24) is 5.01 Å². The molecule has 0 heterocycles. The maximum absolute atomic E-state index is 3.94. The monoisotopic (exact) mass is 151 g/mol. The van der Waals surface area contributed by atoms with Crippen LogP contribution in [0, 0.1) is 0 Å². The zero-order valence-corrected chi connectivity index (χ0v) is 6.99. The Morgan fingerprint density at radius 2 is 2.18 bits per heavy atom. The maximum Gasteiger partial charge on any atom is 0.141 e. The van der Waals surface area contributed by atoms with Gasteiger partial charge < -0.3 is 0 Å². The van der Waals surface area contributed by atoms with Crippen molar-refractivity contribution in [3.63, 3.8) is 0 Å². The molecule has 0 spiro atoms. The van der Waals surface area contributed by atoms with Gasteiger partial charge in [0.15, 0.2) is 0 Å². The molecule has 0 bridgehead atoms. The average Bonchev–Trinajstić information content (AvgIpc) is 2.00. The summed E-state index contributed by atoms with van der Waals surface area (Å²) in [6, 6.07) is 0. The van der Waals surface area contributed by atoms with Crippen LogP contribution >= 0.6 is 0 Å². The second-order valence-electron chi connectivity index (χ2n) is 1.83. The van der Waals surface area contributed by atoms with Crippen LogP contribution in [0.2, 0.25) is 0 Å². The van der Waals surface area contributed by atoms with E-state index in [1.807, 2.05) is 6.92 Å². The number of hydrogen-bond acceptors (Lipinski definition) is 3. The molecule has 0 aromatic heterocycles. The SMILES string of the molecule is C=C/C=N\C(=C)N(C)/N=C\C. The molecule has 0 saturated carbocycles. The number of allylic oxidation sites excluding steroid dienone is 1. The van der Waals surface area contributed by atoms with E-state index in [0.717, 1.165) is 0 Å². The summed E-state index contributed by atoms with van der Waals surface area (Å²) in [7, 11) is 1.78. The summed E-state index contributed by atoms with van der Waals surface area (Å²) in [5, 5.41) is 5.52. The largest absolute Gasteiger partial charge is 0.252 e. The van der Waals surface area contributed by atoms with Gasteiger partial charge in [-0.3, -0.25) is 5.01 Å². The van der Waals surface area contributed by atoms with E-state index in [9.17, 15) is 0 Å². The van der Waals surface area contributed by atoms with Gasteiger partial charge >= 0.3 is 0 Å². The van der Waals surface area contributed by atoms with Gasteiger partial charge in [0.1, 0.15) is 5.82 Å². The highest BCUT2D eigenvalue weighted by Crippen LogP contribution is 1.98. The van der Waals surface area contributed by atoms with Gasteiger partial charge in [0.05, 0.1) is 0 Å². The minimum Gasteiger partial charge on any atom is -0.252 e. The number of hydrogen-bond donors (Lipinski definition) is 0. The predicted molar refractivity (Wildman–Crippen MR) is 49.8 cm³/mol. The summed E-state index contributed by atoms with van der Waals surface area (Å²) < 4.78 is 0. The van der Waals surface area contributed by atoms with E-state index < -0.39 is 0 Å². The van der Waals surface area contributed by atoms with E-state index in [0.29, 0.717) is 5.82 Å². The van der Waals surface area contributed by atoms with Crippen molar-refractivity contribution in [3.8, 4) is 0 Å². The Labute approximate surface area is 67.4 Å². The predicted octanol–water partition coefficient (Wildman–Crippen LogP) is 1.65. The molecule has 11 heavy (non-hydrogen) atoms.